The molecule has 0 atom stereocenters. The van der Waals surface area contributed by atoms with E-state index < -0.39 is 0 Å². The van der Waals surface area contributed by atoms with E-state index in [2.05, 4.69) is 57.0 Å². The Hall–Kier alpha value is -1.89. The Kier molecular flexibility index (Phi) is 7.05. The maximum atomic E-state index is 9.66. The second-order valence-electron chi connectivity index (χ2n) is 6.73. The van der Waals surface area contributed by atoms with Crippen LogP contribution in [0.15, 0.2) is 46.8 Å². The van der Waals surface area contributed by atoms with Crippen molar-refractivity contribution in [3.05, 3.63) is 57.8 Å². The van der Waals surface area contributed by atoms with Crippen LogP contribution in [0.25, 0.3) is 0 Å². The van der Waals surface area contributed by atoms with Gasteiger partial charge in [-0.15, -0.1) is 11.3 Å². The zero-order valence-electron chi connectivity index (χ0n) is 15.1. The minimum atomic E-state index is -0.133. The number of likely N-dealkylation sites (tertiary alicyclic amines) is 1. The summed E-state index contributed by atoms with van der Waals surface area (Å²) in [5, 5.41) is 14.9. The molecule has 0 radical (unpaired) electrons. The van der Waals surface area contributed by atoms with E-state index >= 15 is 0 Å². The van der Waals surface area contributed by atoms with Gasteiger partial charge in [0, 0.05) is 31.1 Å². The monoisotopic (exact) mass is 372 g/mol. The third kappa shape index (κ3) is 5.83. The number of aliphatic imine (C=N–C) groups is 1. The SMILES string of the molecule is NC(=NCc1ccccc1CN1CCC(O)CC1)NCCc1cccs1. The van der Waals surface area contributed by atoms with Gasteiger partial charge in [0.25, 0.3) is 0 Å². The lowest BCUT2D eigenvalue weighted by Crippen LogP contribution is -2.35. The molecule has 140 valence electrons. The quantitative estimate of drug-likeness (QED) is 0.515. The van der Waals surface area contributed by atoms with Gasteiger partial charge in [0.2, 0.25) is 0 Å². The first-order chi connectivity index (χ1) is 12.7. The molecule has 6 heteroatoms. The number of benzene rings is 1. The summed E-state index contributed by atoms with van der Waals surface area (Å²) in [6.45, 7) is 4.19. The van der Waals surface area contributed by atoms with Crippen molar-refractivity contribution in [2.45, 2.75) is 38.5 Å². The van der Waals surface area contributed by atoms with Crippen molar-refractivity contribution in [2.24, 2.45) is 10.7 Å². The Labute approximate surface area is 159 Å². The van der Waals surface area contributed by atoms with E-state index in [1.54, 1.807) is 11.3 Å². The van der Waals surface area contributed by atoms with Gasteiger partial charge < -0.3 is 16.2 Å². The third-order valence-electron chi connectivity index (χ3n) is 4.75. The Morgan fingerprint density at radius 1 is 1.19 bits per heavy atom. The second kappa shape index (κ2) is 9.71. The largest absolute Gasteiger partial charge is 0.393 e. The summed E-state index contributed by atoms with van der Waals surface area (Å²) < 4.78 is 0. The molecule has 2 aromatic rings. The molecule has 2 heterocycles. The molecule has 1 fully saturated rings. The molecule has 0 spiro atoms. The number of aliphatic hydroxyl groups excluding tert-OH is 1. The van der Waals surface area contributed by atoms with Gasteiger partial charge >= 0.3 is 0 Å². The number of rotatable bonds is 7. The van der Waals surface area contributed by atoms with Crippen molar-refractivity contribution in [1.29, 1.82) is 0 Å². The first kappa shape index (κ1) is 18.9. The van der Waals surface area contributed by atoms with Crippen LogP contribution in [-0.4, -0.2) is 41.7 Å². The summed E-state index contributed by atoms with van der Waals surface area (Å²) in [5.41, 5.74) is 8.52. The smallest absolute Gasteiger partial charge is 0.188 e. The van der Waals surface area contributed by atoms with E-state index in [4.69, 9.17) is 5.73 Å². The molecule has 0 aliphatic carbocycles. The number of hydrogen-bond donors (Lipinski definition) is 3. The highest BCUT2D eigenvalue weighted by Crippen LogP contribution is 2.17. The van der Waals surface area contributed by atoms with Crippen LogP contribution >= 0.6 is 11.3 Å². The molecule has 1 aromatic heterocycles. The molecule has 4 N–H and O–H groups in total. The number of hydrogen-bond acceptors (Lipinski definition) is 4. The minimum absolute atomic E-state index is 0.133. The highest BCUT2D eigenvalue weighted by molar-refractivity contribution is 7.09. The highest BCUT2D eigenvalue weighted by atomic mass is 32.1. The fourth-order valence-electron chi connectivity index (χ4n) is 3.18. The van der Waals surface area contributed by atoms with Crippen LogP contribution in [-0.2, 0) is 19.5 Å². The lowest BCUT2D eigenvalue weighted by molar-refractivity contribution is 0.0791. The number of nitrogens with one attached hydrogen (secondary N) is 1. The zero-order chi connectivity index (χ0) is 18.2. The number of nitrogens with two attached hydrogens (primary N) is 1. The summed E-state index contributed by atoms with van der Waals surface area (Å²) >= 11 is 1.76. The molecule has 1 aromatic carbocycles. The number of aliphatic hydroxyl groups is 1. The lowest BCUT2D eigenvalue weighted by atomic mass is 10.0. The van der Waals surface area contributed by atoms with Crippen LogP contribution in [0.4, 0.5) is 0 Å². The fourth-order valence-corrected chi connectivity index (χ4v) is 3.89. The molecule has 0 unspecified atom stereocenters. The summed E-state index contributed by atoms with van der Waals surface area (Å²) in [7, 11) is 0. The lowest BCUT2D eigenvalue weighted by Gasteiger charge is -2.30. The Morgan fingerprint density at radius 3 is 2.69 bits per heavy atom. The van der Waals surface area contributed by atoms with Crippen LogP contribution in [0.1, 0.15) is 28.8 Å². The molecule has 0 amide bonds. The van der Waals surface area contributed by atoms with Gasteiger partial charge in [0.05, 0.1) is 12.6 Å². The number of guanidine groups is 1. The zero-order valence-corrected chi connectivity index (χ0v) is 15.9. The molecule has 5 nitrogen and oxygen atoms in total. The number of piperidine rings is 1. The summed E-state index contributed by atoms with van der Waals surface area (Å²) in [6.07, 6.45) is 2.56. The van der Waals surface area contributed by atoms with Gasteiger partial charge in [0.15, 0.2) is 5.96 Å². The molecule has 0 bridgehead atoms. The van der Waals surface area contributed by atoms with Crippen molar-refractivity contribution in [1.82, 2.24) is 10.2 Å². The first-order valence-corrected chi connectivity index (χ1v) is 10.1. The maximum absolute atomic E-state index is 9.66. The molecular weight excluding hydrogens is 344 g/mol. The average Bonchev–Trinajstić information content (AvgIpc) is 3.16. The van der Waals surface area contributed by atoms with Crippen LogP contribution in [0.5, 0.6) is 0 Å². The Balaban J connectivity index is 1.50. The van der Waals surface area contributed by atoms with Crippen molar-refractivity contribution in [3.8, 4) is 0 Å². The molecular formula is C20H28N4OS. The molecule has 1 aliphatic rings. The summed E-state index contributed by atoms with van der Waals surface area (Å²) in [5.74, 6) is 0.498. The Bertz CT molecular complexity index is 694. The van der Waals surface area contributed by atoms with Crippen LogP contribution in [0.3, 0.4) is 0 Å². The number of thiophene rings is 1. The van der Waals surface area contributed by atoms with Gasteiger partial charge in [-0.05, 0) is 41.8 Å². The summed E-state index contributed by atoms with van der Waals surface area (Å²) in [6, 6.07) is 12.6. The minimum Gasteiger partial charge on any atom is -0.393 e. The van der Waals surface area contributed by atoms with E-state index in [-0.39, 0.29) is 6.10 Å². The van der Waals surface area contributed by atoms with E-state index in [1.807, 2.05) is 0 Å². The van der Waals surface area contributed by atoms with Gasteiger partial charge in [-0.1, -0.05) is 30.3 Å². The second-order valence-corrected chi connectivity index (χ2v) is 7.77. The van der Waals surface area contributed by atoms with Crippen LogP contribution < -0.4 is 11.1 Å². The van der Waals surface area contributed by atoms with Crippen LogP contribution in [0, 0.1) is 0 Å². The van der Waals surface area contributed by atoms with E-state index in [0.717, 1.165) is 45.4 Å². The van der Waals surface area contributed by atoms with Gasteiger partial charge in [-0.25, -0.2) is 4.99 Å². The fraction of sp³-hybridized carbons (Fsp3) is 0.450. The predicted molar refractivity (Wildman–Crippen MR) is 108 cm³/mol. The van der Waals surface area contributed by atoms with Crippen molar-refractivity contribution in [2.75, 3.05) is 19.6 Å². The van der Waals surface area contributed by atoms with Gasteiger partial charge in [0.1, 0.15) is 0 Å². The van der Waals surface area contributed by atoms with Gasteiger partial charge in [-0.3, -0.25) is 4.90 Å². The van der Waals surface area contributed by atoms with Crippen molar-refractivity contribution >= 4 is 17.3 Å². The Morgan fingerprint density at radius 2 is 1.96 bits per heavy atom. The molecule has 0 saturated carbocycles. The normalized spacial score (nSPS) is 16.7. The predicted octanol–water partition coefficient (Wildman–Crippen LogP) is 2.35. The van der Waals surface area contributed by atoms with E-state index in [9.17, 15) is 5.11 Å². The molecule has 26 heavy (non-hydrogen) atoms. The van der Waals surface area contributed by atoms with E-state index in [1.165, 1.54) is 16.0 Å². The molecule has 3 rings (SSSR count). The highest BCUT2D eigenvalue weighted by Gasteiger charge is 2.17. The van der Waals surface area contributed by atoms with Crippen molar-refractivity contribution < 1.29 is 5.11 Å². The molecule has 1 saturated heterocycles. The van der Waals surface area contributed by atoms with Crippen LogP contribution in [0.2, 0.25) is 0 Å². The number of nitrogens with zero attached hydrogens (tertiary/aromatic N) is 2. The van der Waals surface area contributed by atoms with E-state index in [0.29, 0.717) is 12.5 Å². The topological polar surface area (TPSA) is 73.9 Å². The standard InChI is InChI=1S/C20H28N4OS/c21-20(22-10-7-19-6-3-13-26-19)23-14-16-4-1-2-5-17(16)15-24-11-8-18(25)9-12-24/h1-6,13,18,25H,7-12,14-15H2,(H3,21,22,23). The summed E-state index contributed by atoms with van der Waals surface area (Å²) in [4.78, 5) is 8.26. The van der Waals surface area contributed by atoms with Gasteiger partial charge in [-0.2, -0.15) is 0 Å². The first-order valence-electron chi connectivity index (χ1n) is 9.24. The third-order valence-corrected chi connectivity index (χ3v) is 5.68. The average molecular weight is 373 g/mol. The molecule has 1 aliphatic heterocycles. The van der Waals surface area contributed by atoms with Crippen molar-refractivity contribution in [3.63, 3.8) is 0 Å². The maximum Gasteiger partial charge on any atom is 0.188 e.